The standard InChI is InChI=1S/C31H30Cl2N4O3S/c1-16-14-20(15-17(2)28(16)33)40-13-5-12-36-23-9-7-22(32)27-24(8-6-21(26(23)27)29(36)31(38)39)37-25(10-11-34-37)30-18(3)35-19(4)41-30/h7,9-11,14-15,24H,5-6,8,12-13H2,1-4H3,(H,38,39). The number of thiazole rings is 1. The Morgan fingerprint density at radius 3 is 2.59 bits per heavy atom. The molecule has 0 amide bonds. The van der Waals surface area contributed by atoms with Gasteiger partial charge >= 0.3 is 5.97 Å². The first kappa shape index (κ1) is 27.8. The van der Waals surface area contributed by atoms with Crippen LogP contribution < -0.4 is 4.74 Å². The molecular weight excluding hydrogens is 579 g/mol. The Labute approximate surface area is 252 Å². The highest BCUT2D eigenvalue weighted by atomic mass is 35.5. The van der Waals surface area contributed by atoms with Gasteiger partial charge in [-0.2, -0.15) is 5.10 Å². The fraction of sp³-hybridized carbons (Fsp3) is 0.323. The highest BCUT2D eigenvalue weighted by Gasteiger charge is 2.34. The van der Waals surface area contributed by atoms with E-state index in [0.29, 0.717) is 43.1 Å². The third-order valence-corrected chi connectivity index (χ3v) is 9.85. The summed E-state index contributed by atoms with van der Waals surface area (Å²) in [6.45, 7) is 8.88. The normalized spacial score (nSPS) is 14.6. The van der Waals surface area contributed by atoms with Crippen LogP contribution in [0.25, 0.3) is 21.5 Å². The van der Waals surface area contributed by atoms with Crippen molar-refractivity contribution in [1.82, 2.24) is 19.3 Å². The van der Waals surface area contributed by atoms with E-state index in [9.17, 15) is 9.90 Å². The Kier molecular flexibility index (Phi) is 7.34. The van der Waals surface area contributed by atoms with Crippen molar-refractivity contribution in [2.75, 3.05) is 6.61 Å². The number of aromatic carboxylic acids is 1. The number of ether oxygens (including phenoxy) is 1. The van der Waals surface area contributed by atoms with Gasteiger partial charge in [-0.15, -0.1) is 11.3 Å². The molecule has 2 aromatic carbocycles. The lowest BCUT2D eigenvalue weighted by Gasteiger charge is -2.26. The molecule has 1 atom stereocenters. The molecule has 5 aromatic rings. The zero-order valence-corrected chi connectivity index (χ0v) is 25.6. The lowest BCUT2D eigenvalue weighted by atomic mass is 9.87. The molecule has 0 saturated carbocycles. The Hall–Kier alpha value is -3.33. The van der Waals surface area contributed by atoms with Crippen LogP contribution in [0.5, 0.6) is 5.75 Å². The number of carboxylic acids is 1. The lowest BCUT2D eigenvalue weighted by molar-refractivity contribution is 0.0683. The first-order chi connectivity index (χ1) is 19.7. The van der Waals surface area contributed by atoms with E-state index in [4.69, 9.17) is 33.0 Å². The highest BCUT2D eigenvalue weighted by molar-refractivity contribution is 7.15. The molecule has 0 aliphatic heterocycles. The lowest BCUT2D eigenvalue weighted by Crippen LogP contribution is -2.19. The predicted octanol–water partition coefficient (Wildman–Crippen LogP) is 8.20. The van der Waals surface area contributed by atoms with Gasteiger partial charge in [0.2, 0.25) is 0 Å². The number of hydrogen-bond donors (Lipinski definition) is 1. The van der Waals surface area contributed by atoms with Crippen LogP contribution in [0.2, 0.25) is 10.0 Å². The second-order valence-electron chi connectivity index (χ2n) is 10.6. The van der Waals surface area contributed by atoms with Gasteiger partial charge in [-0.3, -0.25) is 4.68 Å². The Balaban J connectivity index is 1.36. The topological polar surface area (TPSA) is 82.2 Å². The van der Waals surface area contributed by atoms with E-state index in [-0.39, 0.29) is 6.04 Å². The van der Waals surface area contributed by atoms with E-state index in [1.165, 1.54) is 0 Å². The molecule has 1 aliphatic rings. The Morgan fingerprint density at radius 1 is 1.15 bits per heavy atom. The van der Waals surface area contributed by atoms with E-state index in [1.807, 2.05) is 73.5 Å². The van der Waals surface area contributed by atoms with Crippen LogP contribution in [0.1, 0.15) is 62.3 Å². The number of benzene rings is 2. The zero-order chi connectivity index (χ0) is 29.0. The second kappa shape index (κ2) is 10.8. The maximum absolute atomic E-state index is 12.6. The summed E-state index contributed by atoms with van der Waals surface area (Å²) in [4.78, 5) is 18.3. The summed E-state index contributed by atoms with van der Waals surface area (Å²) in [6, 6.07) is 9.56. The minimum Gasteiger partial charge on any atom is -0.494 e. The van der Waals surface area contributed by atoms with Gasteiger partial charge in [-0.1, -0.05) is 23.2 Å². The van der Waals surface area contributed by atoms with Crippen molar-refractivity contribution in [3.63, 3.8) is 0 Å². The molecule has 3 aromatic heterocycles. The number of aromatic nitrogens is 4. The minimum atomic E-state index is -0.933. The average Bonchev–Trinajstić information content (AvgIpc) is 3.62. The Morgan fingerprint density at radius 2 is 1.90 bits per heavy atom. The molecule has 10 heteroatoms. The molecule has 41 heavy (non-hydrogen) atoms. The van der Waals surface area contributed by atoms with Crippen LogP contribution >= 0.6 is 34.5 Å². The summed E-state index contributed by atoms with van der Waals surface area (Å²) in [7, 11) is 0. The van der Waals surface area contributed by atoms with Crippen molar-refractivity contribution in [3.05, 3.63) is 85.2 Å². The van der Waals surface area contributed by atoms with Crippen molar-refractivity contribution in [1.29, 1.82) is 0 Å². The number of nitrogens with zero attached hydrogens (tertiary/aromatic N) is 4. The van der Waals surface area contributed by atoms with Crippen molar-refractivity contribution in [2.24, 2.45) is 0 Å². The molecule has 212 valence electrons. The van der Waals surface area contributed by atoms with Gasteiger partial charge in [0.05, 0.1) is 33.9 Å². The summed E-state index contributed by atoms with van der Waals surface area (Å²) >= 11 is 14.8. The molecule has 0 bridgehead atoms. The highest BCUT2D eigenvalue weighted by Crippen LogP contribution is 2.45. The Bertz CT molecular complexity index is 1800. The van der Waals surface area contributed by atoms with E-state index in [0.717, 1.165) is 65.2 Å². The summed E-state index contributed by atoms with van der Waals surface area (Å²) in [5.41, 5.74) is 6.87. The van der Waals surface area contributed by atoms with Crippen LogP contribution in [0.3, 0.4) is 0 Å². The largest absolute Gasteiger partial charge is 0.494 e. The van der Waals surface area contributed by atoms with Crippen LogP contribution in [0.4, 0.5) is 0 Å². The second-order valence-corrected chi connectivity index (χ2v) is 12.6. The number of carbonyl (C=O) groups is 1. The van der Waals surface area contributed by atoms with Gasteiger partial charge in [0, 0.05) is 39.3 Å². The number of rotatable bonds is 8. The first-order valence-electron chi connectivity index (χ1n) is 13.6. The fourth-order valence-corrected chi connectivity index (χ4v) is 7.49. The zero-order valence-electron chi connectivity index (χ0n) is 23.3. The molecule has 1 N–H and O–H groups in total. The molecule has 1 unspecified atom stereocenters. The number of carboxylic acid groups (broad SMARTS) is 1. The van der Waals surface area contributed by atoms with Gasteiger partial charge < -0.3 is 14.4 Å². The van der Waals surface area contributed by atoms with Gasteiger partial charge in [0.1, 0.15) is 11.4 Å². The predicted molar refractivity (Wildman–Crippen MR) is 164 cm³/mol. The van der Waals surface area contributed by atoms with Crippen LogP contribution in [-0.2, 0) is 13.0 Å². The monoisotopic (exact) mass is 608 g/mol. The van der Waals surface area contributed by atoms with Gasteiger partial charge in [-0.25, -0.2) is 9.78 Å². The SMILES string of the molecule is Cc1nc(C)c(-c2ccnn2C2CCc3c(C(=O)O)n(CCCOc4cc(C)c(Cl)c(C)c4)c4ccc(Cl)c2c34)s1. The maximum atomic E-state index is 12.6. The van der Waals surface area contributed by atoms with E-state index in [1.54, 1.807) is 11.3 Å². The molecule has 6 rings (SSSR count). The molecule has 0 fully saturated rings. The fourth-order valence-electron chi connectivity index (χ4n) is 6.16. The summed E-state index contributed by atoms with van der Waals surface area (Å²) in [5, 5.41) is 18.4. The average molecular weight is 610 g/mol. The molecule has 0 spiro atoms. The number of aryl methyl sites for hydroxylation is 6. The van der Waals surface area contributed by atoms with E-state index >= 15 is 0 Å². The minimum absolute atomic E-state index is 0.122. The van der Waals surface area contributed by atoms with Crippen molar-refractivity contribution < 1.29 is 14.6 Å². The van der Waals surface area contributed by atoms with E-state index < -0.39 is 5.97 Å². The van der Waals surface area contributed by atoms with Crippen LogP contribution in [0.15, 0.2) is 36.5 Å². The molecular formula is C31H30Cl2N4O3S. The molecule has 0 saturated heterocycles. The maximum Gasteiger partial charge on any atom is 0.352 e. The smallest absolute Gasteiger partial charge is 0.352 e. The molecule has 0 radical (unpaired) electrons. The van der Waals surface area contributed by atoms with Crippen molar-refractivity contribution in [3.8, 4) is 16.3 Å². The van der Waals surface area contributed by atoms with Gasteiger partial charge in [0.15, 0.2) is 0 Å². The number of hydrogen-bond acceptors (Lipinski definition) is 5. The quantitative estimate of drug-likeness (QED) is 0.179. The van der Waals surface area contributed by atoms with Crippen LogP contribution in [-0.4, -0.2) is 37.0 Å². The molecule has 7 nitrogen and oxygen atoms in total. The van der Waals surface area contributed by atoms with Gasteiger partial charge in [0.25, 0.3) is 0 Å². The van der Waals surface area contributed by atoms with Crippen molar-refractivity contribution >= 4 is 51.4 Å². The van der Waals surface area contributed by atoms with E-state index in [2.05, 4.69) is 4.98 Å². The number of halogens is 2. The first-order valence-corrected chi connectivity index (χ1v) is 15.2. The molecule has 3 heterocycles. The molecule has 1 aliphatic carbocycles. The third-order valence-electron chi connectivity index (χ3n) is 7.83. The summed E-state index contributed by atoms with van der Waals surface area (Å²) in [6.07, 6.45) is 3.76. The van der Waals surface area contributed by atoms with Crippen LogP contribution in [0, 0.1) is 27.7 Å². The van der Waals surface area contributed by atoms with Crippen molar-refractivity contribution in [2.45, 2.75) is 59.5 Å². The summed E-state index contributed by atoms with van der Waals surface area (Å²) in [5.74, 6) is -0.172. The summed E-state index contributed by atoms with van der Waals surface area (Å²) < 4.78 is 9.97. The third kappa shape index (κ3) is 4.82. The van der Waals surface area contributed by atoms with Gasteiger partial charge in [-0.05, 0) is 94.0 Å².